The van der Waals surface area contributed by atoms with Crippen LogP contribution in [0.1, 0.15) is 39.2 Å². The predicted octanol–water partition coefficient (Wildman–Crippen LogP) is 4.89. The van der Waals surface area contributed by atoms with Crippen LogP contribution in [-0.2, 0) is 19.2 Å². The molecule has 1 aromatic rings. The maximum Gasteiger partial charge on any atom is 0.415 e. The fraction of sp³-hybridized carbons (Fsp3) is 0.545. The van der Waals surface area contributed by atoms with Gasteiger partial charge in [0.25, 0.3) is 10.0 Å². The number of carbonyl (C=O) groups is 1. The van der Waals surface area contributed by atoms with Gasteiger partial charge in [-0.1, -0.05) is 44.5 Å². The first-order valence-corrected chi connectivity index (χ1v) is 14.8. The third-order valence-electron chi connectivity index (χ3n) is 5.62. The summed E-state index contributed by atoms with van der Waals surface area (Å²) in [6.45, 7) is 14.0. The van der Waals surface area contributed by atoms with Crippen LogP contribution in [0.5, 0.6) is 0 Å². The molecule has 0 saturated carbocycles. The summed E-state index contributed by atoms with van der Waals surface area (Å²) in [5.74, 6) is 0.0633. The number of hydrogen-bond acceptors (Lipinski definition) is 5. The highest BCUT2D eigenvalue weighted by Gasteiger charge is 2.36. The Balaban J connectivity index is 2.10. The number of amides is 1. The minimum Gasteiger partial charge on any atom is -0.447 e. The minimum absolute atomic E-state index is 0.0633. The molecule has 0 aliphatic carbocycles. The molecule has 1 amide bonds. The molecule has 0 spiro atoms. The largest absolute Gasteiger partial charge is 0.447 e. The van der Waals surface area contributed by atoms with Gasteiger partial charge < -0.3 is 9.16 Å². The number of hydrogen-bond donors (Lipinski definition) is 0. The molecule has 0 atom stereocenters. The molecule has 172 valence electrons. The molecule has 9 heteroatoms. The van der Waals surface area contributed by atoms with Crippen LogP contribution in [0.4, 0.5) is 4.79 Å². The van der Waals surface area contributed by atoms with Crippen molar-refractivity contribution in [1.29, 1.82) is 0 Å². The molecule has 2 rings (SSSR count). The van der Waals surface area contributed by atoms with Crippen molar-refractivity contribution in [3.05, 3.63) is 42.0 Å². The SMILES string of the molecule is Cc1ccc(S(=O)(=O)/N=C(\C=C\CCCO[Si](C)(C)C(C)(C)C)N2CCOC2=O)cc1. The summed E-state index contributed by atoms with van der Waals surface area (Å²) < 4.78 is 40.5. The Morgan fingerprint density at radius 3 is 2.45 bits per heavy atom. The smallest absolute Gasteiger partial charge is 0.415 e. The highest BCUT2D eigenvalue weighted by molar-refractivity contribution is 7.90. The van der Waals surface area contributed by atoms with Crippen molar-refractivity contribution in [2.75, 3.05) is 19.8 Å². The van der Waals surface area contributed by atoms with E-state index in [0.29, 0.717) is 13.0 Å². The lowest BCUT2D eigenvalue weighted by Crippen LogP contribution is -2.40. The van der Waals surface area contributed by atoms with E-state index in [4.69, 9.17) is 9.16 Å². The van der Waals surface area contributed by atoms with Crippen molar-refractivity contribution >= 4 is 30.3 Å². The molecule has 0 bridgehead atoms. The van der Waals surface area contributed by atoms with E-state index in [1.165, 1.54) is 17.0 Å². The average molecular weight is 467 g/mol. The summed E-state index contributed by atoms with van der Waals surface area (Å²) >= 11 is 0. The van der Waals surface area contributed by atoms with Gasteiger partial charge in [0.15, 0.2) is 14.2 Å². The van der Waals surface area contributed by atoms with Crippen LogP contribution in [0.25, 0.3) is 0 Å². The zero-order valence-corrected chi connectivity index (χ0v) is 21.2. The number of unbranched alkanes of at least 4 members (excludes halogenated alkanes) is 1. The standard InChI is InChI=1S/C22H34N2O5SSi/c1-18-11-13-19(14-12-18)30(26,27)23-20(24-15-17-28-21(24)25)10-8-7-9-16-29-31(5,6)22(2,3)4/h8,10-14H,7,9,15-17H2,1-6H3/b10-8+,23-20+. The second-order valence-corrected chi connectivity index (χ2v) is 15.6. The zero-order valence-electron chi connectivity index (χ0n) is 19.3. The maximum absolute atomic E-state index is 12.7. The molecular formula is C22H34N2O5SSi. The van der Waals surface area contributed by atoms with E-state index in [1.54, 1.807) is 18.2 Å². The molecular weight excluding hydrogens is 432 g/mol. The highest BCUT2D eigenvalue weighted by Crippen LogP contribution is 2.36. The summed E-state index contributed by atoms with van der Waals surface area (Å²) in [5, 5.41) is 0.156. The molecule has 1 aliphatic heterocycles. The summed E-state index contributed by atoms with van der Waals surface area (Å²) in [6.07, 6.45) is 4.28. The molecule has 1 heterocycles. The number of nitrogens with zero attached hydrogens (tertiary/aromatic N) is 2. The molecule has 1 fully saturated rings. The van der Waals surface area contributed by atoms with Gasteiger partial charge in [-0.05, 0) is 56.1 Å². The molecule has 31 heavy (non-hydrogen) atoms. The van der Waals surface area contributed by atoms with Gasteiger partial charge in [-0.15, -0.1) is 4.40 Å². The Morgan fingerprint density at radius 1 is 1.26 bits per heavy atom. The molecule has 1 aliphatic rings. The summed E-state index contributed by atoms with van der Waals surface area (Å²) in [5.41, 5.74) is 0.950. The molecule has 0 N–H and O–H groups in total. The third-order valence-corrected chi connectivity index (χ3v) is 11.5. The van der Waals surface area contributed by atoms with Crippen molar-refractivity contribution in [3.8, 4) is 0 Å². The maximum atomic E-state index is 12.7. The van der Waals surface area contributed by atoms with Crippen LogP contribution < -0.4 is 0 Å². The monoisotopic (exact) mass is 466 g/mol. The van der Waals surface area contributed by atoms with E-state index in [0.717, 1.165) is 12.0 Å². The van der Waals surface area contributed by atoms with Gasteiger partial charge in [0.1, 0.15) is 6.61 Å². The average Bonchev–Trinajstić information content (AvgIpc) is 3.08. The quantitative estimate of drug-likeness (QED) is 0.236. The number of rotatable bonds is 8. The summed E-state index contributed by atoms with van der Waals surface area (Å²) in [4.78, 5) is 13.3. The van der Waals surface area contributed by atoms with Gasteiger partial charge in [-0.25, -0.2) is 4.79 Å². The van der Waals surface area contributed by atoms with E-state index in [1.807, 2.05) is 13.0 Å². The molecule has 1 aromatic carbocycles. The first-order chi connectivity index (χ1) is 14.3. The fourth-order valence-corrected chi connectivity index (χ4v) is 4.67. The van der Waals surface area contributed by atoms with Gasteiger partial charge in [0.05, 0.1) is 11.4 Å². The van der Waals surface area contributed by atoms with Gasteiger partial charge in [-0.2, -0.15) is 8.42 Å². The van der Waals surface area contributed by atoms with Crippen LogP contribution in [0.15, 0.2) is 45.7 Å². The van der Waals surface area contributed by atoms with Crippen molar-refractivity contribution in [1.82, 2.24) is 4.90 Å². The Labute approximate surface area is 187 Å². The predicted molar refractivity (Wildman–Crippen MR) is 125 cm³/mol. The van der Waals surface area contributed by atoms with Crippen LogP contribution in [-0.4, -0.2) is 53.3 Å². The molecule has 0 unspecified atom stereocenters. The fourth-order valence-electron chi connectivity index (χ4n) is 2.59. The number of allylic oxidation sites excluding steroid dienone is 1. The van der Waals surface area contributed by atoms with Crippen molar-refractivity contribution in [2.45, 2.75) is 63.6 Å². The topological polar surface area (TPSA) is 85.3 Å². The highest BCUT2D eigenvalue weighted by atomic mass is 32.2. The number of carbonyl (C=O) groups excluding carboxylic acids is 1. The Morgan fingerprint density at radius 2 is 1.90 bits per heavy atom. The molecule has 7 nitrogen and oxygen atoms in total. The first-order valence-electron chi connectivity index (χ1n) is 10.5. The Kier molecular flexibility index (Phi) is 8.24. The summed E-state index contributed by atoms with van der Waals surface area (Å²) in [7, 11) is -5.74. The molecule has 1 saturated heterocycles. The van der Waals surface area contributed by atoms with E-state index in [-0.39, 0.29) is 28.9 Å². The Hall–Kier alpha value is -1.97. The Bertz CT molecular complexity index is 932. The van der Waals surface area contributed by atoms with E-state index >= 15 is 0 Å². The van der Waals surface area contributed by atoms with E-state index < -0.39 is 24.4 Å². The number of aryl methyl sites for hydroxylation is 1. The van der Waals surface area contributed by atoms with Gasteiger partial charge in [-0.3, -0.25) is 4.90 Å². The van der Waals surface area contributed by atoms with Crippen molar-refractivity contribution in [2.24, 2.45) is 4.40 Å². The lowest BCUT2D eigenvalue weighted by molar-refractivity contribution is 0.169. The number of benzene rings is 1. The van der Waals surface area contributed by atoms with Crippen LogP contribution in [0.3, 0.4) is 0 Å². The normalized spacial score (nSPS) is 16.3. The number of sulfonamides is 1. The van der Waals surface area contributed by atoms with Gasteiger partial charge in [0.2, 0.25) is 0 Å². The van der Waals surface area contributed by atoms with Crippen LogP contribution >= 0.6 is 0 Å². The van der Waals surface area contributed by atoms with E-state index in [9.17, 15) is 13.2 Å². The lowest BCUT2D eigenvalue weighted by Gasteiger charge is -2.36. The molecule has 0 aromatic heterocycles. The van der Waals surface area contributed by atoms with Crippen molar-refractivity contribution < 1.29 is 22.4 Å². The number of amidine groups is 1. The van der Waals surface area contributed by atoms with Gasteiger partial charge >= 0.3 is 6.09 Å². The number of ether oxygens (including phenoxy) is 1. The summed E-state index contributed by atoms with van der Waals surface area (Å²) in [6, 6.07) is 6.45. The lowest BCUT2D eigenvalue weighted by atomic mass is 10.2. The van der Waals surface area contributed by atoms with Crippen LogP contribution in [0, 0.1) is 6.92 Å². The molecule has 0 radical (unpaired) electrons. The second kappa shape index (κ2) is 10.1. The third kappa shape index (κ3) is 7.01. The minimum atomic E-state index is -3.95. The van der Waals surface area contributed by atoms with Gasteiger partial charge in [0, 0.05) is 6.61 Å². The van der Waals surface area contributed by atoms with Crippen LogP contribution in [0.2, 0.25) is 18.1 Å². The van der Waals surface area contributed by atoms with E-state index in [2.05, 4.69) is 38.3 Å². The van der Waals surface area contributed by atoms with Crippen molar-refractivity contribution in [3.63, 3.8) is 0 Å². The second-order valence-electron chi connectivity index (χ2n) is 9.16. The number of cyclic esters (lactones) is 1. The first kappa shape index (κ1) is 25.3. The zero-order chi connectivity index (χ0) is 23.3.